The Hall–Kier alpha value is -4.87. The van der Waals surface area contributed by atoms with Gasteiger partial charge in [-0.2, -0.15) is 0 Å². The van der Waals surface area contributed by atoms with Gasteiger partial charge in [-0.15, -0.1) is 4.91 Å². The first-order valence-electron chi connectivity index (χ1n) is 12.3. The number of hydrogen-bond acceptors (Lipinski definition) is 9. The van der Waals surface area contributed by atoms with Crippen molar-refractivity contribution in [2.75, 3.05) is 19.0 Å². The van der Waals surface area contributed by atoms with Crippen LogP contribution in [-0.2, 0) is 16.1 Å². The quantitative estimate of drug-likeness (QED) is 0.310. The second-order valence-corrected chi connectivity index (χ2v) is 9.17. The molecule has 4 rings (SSSR count). The zero-order chi connectivity index (χ0) is 27.9. The summed E-state index contributed by atoms with van der Waals surface area (Å²) in [5.74, 6) is -0.219. The van der Waals surface area contributed by atoms with Crippen molar-refractivity contribution in [3.63, 3.8) is 0 Å². The lowest BCUT2D eigenvalue weighted by Gasteiger charge is -2.41. The van der Waals surface area contributed by atoms with E-state index in [-0.39, 0.29) is 13.1 Å². The molecular weight excluding hydrogens is 504 g/mol. The highest BCUT2D eigenvalue weighted by Crippen LogP contribution is 2.23. The molecule has 0 spiro atoms. The number of dihydropyridines is 1. The molecule has 3 atom stereocenters. The van der Waals surface area contributed by atoms with Crippen molar-refractivity contribution in [3.05, 3.63) is 88.7 Å². The van der Waals surface area contributed by atoms with Crippen LogP contribution in [0.25, 0.3) is 0 Å². The van der Waals surface area contributed by atoms with Gasteiger partial charge < -0.3 is 20.1 Å². The lowest BCUT2D eigenvalue weighted by molar-refractivity contribution is -0.145. The van der Waals surface area contributed by atoms with Crippen molar-refractivity contribution in [3.8, 4) is 5.75 Å². The molecule has 0 saturated carbocycles. The molecule has 1 saturated heterocycles. The summed E-state index contributed by atoms with van der Waals surface area (Å²) < 4.78 is 10.5. The number of urea groups is 2. The summed E-state index contributed by atoms with van der Waals surface area (Å²) in [5, 5.41) is 11.7. The standard InChI is InChI=1S/C27H30N6O6/c1-17-4-6-19(7-5-17)16-32-25(30-26(35)33(27(32)36)15-18(2)24(34)38-3)29-20-8-10-21(11-9-20)39-22-12-13-28-23(14-22)31-37/h4-14,18,23,25,28-29H,15-16H2,1-3H3,(H,30,35)/t18-,23?,25?/m0/s1. The number of esters is 1. The highest BCUT2D eigenvalue weighted by molar-refractivity contribution is 5.96. The van der Waals surface area contributed by atoms with Crippen LogP contribution in [0.3, 0.4) is 0 Å². The van der Waals surface area contributed by atoms with E-state index in [1.54, 1.807) is 49.5 Å². The van der Waals surface area contributed by atoms with Crippen LogP contribution in [-0.4, -0.2) is 53.9 Å². The SMILES string of the molecule is COC(=O)[C@@H](C)CN1C(=O)NC(Nc2ccc(OC3=CC(N=O)NC=C3)cc2)N(Cc2ccc(C)cc2)C1=O. The zero-order valence-electron chi connectivity index (χ0n) is 21.8. The molecule has 2 unspecified atom stereocenters. The van der Waals surface area contributed by atoms with Gasteiger partial charge >= 0.3 is 18.0 Å². The number of hydrogen-bond donors (Lipinski definition) is 3. The summed E-state index contributed by atoms with van der Waals surface area (Å²) in [6, 6.07) is 13.4. The average molecular weight is 535 g/mol. The Bertz CT molecular complexity index is 1280. The normalized spacial score (nSPS) is 19.4. The molecule has 12 heteroatoms. The van der Waals surface area contributed by atoms with Crippen molar-refractivity contribution in [1.29, 1.82) is 0 Å². The van der Waals surface area contributed by atoms with Crippen molar-refractivity contribution in [2.24, 2.45) is 11.1 Å². The fourth-order valence-electron chi connectivity index (χ4n) is 4.03. The Morgan fingerprint density at radius 1 is 1.13 bits per heavy atom. The lowest BCUT2D eigenvalue weighted by Crippen LogP contribution is -2.67. The minimum Gasteiger partial charge on any atom is -0.469 e. The third-order valence-electron chi connectivity index (χ3n) is 6.17. The van der Waals surface area contributed by atoms with E-state index in [2.05, 4.69) is 21.1 Å². The van der Waals surface area contributed by atoms with Crippen molar-refractivity contribution < 1.29 is 23.9 Å². The third kappa shape index (κ3) is 6.72. The molecule has 0 aromatic heterocycles. The third-order valence-corrected chi connectivity index (χ3v) is 6.17. The van der Waals surface area contributed by atoms with E-state index in [4.69, 9.17) is 9.47 Å². The van der Waals surface area contributed by atoms with Gasteiger partial charge in [0.05, 0.1) is 19.6 Å². The smallest absolute Gasteiger partial charge is 0.331 e. The number of nitroso groups, excluding NO2 is 1. The summed E-state index contributed by atoms with van der Waals surface area (Å²) >= 11 is 0. The Labute approximate surface area is 225 Å². The minimum atomic E-state index is -0.864. The number of nitrogens with zero attached hydrogens (tertiary/aromatic N) is 3. The summed E-state index contributed by atoms with van der Waals surface area (Å²) in [5.41, 5.74) is 2.57. The molecule has 12 nitrogen and oxygen atoms in total. The van der Waals surface area contributed by atoms with E-state index in [1.165, 1.54) is 12.0 Å². The fraction of sp³-hybridized carbons (Fsp3) is 0.296. The maximum atomic E-state index is 13.5. The van der Waals surface area contributed by atoms with E-state index >= 15 is 0 Å². The number of rotatable bonds is 10. The number of carbonyl (C=O) groups excluding carboxylic acids is 3. The van der Waals surface area contributed by atoms with Gasteiger partial charge in [-0.3, -0.25) is 15.0 Å². The Kier molecular flexibility index (Phi) is 8.44. The Morgan fingerprint density at radius 3 is 2.51 bits per heavy atom. The van der Waals surface area contributed by atoms with Crippen LogP contribution >= 0.6 is 0 Å². The molecule has 2 aromatic carbocycles. The first-order valence-corrected chi connectivity index (χ1v) is 12.3. The number of benzene rings is 2. The topological polar surface area (TPSA) is 142 Å². The molecule has 0 bridgehead atoms. The summed E-state index contributed by atoms with van der Waals surface area (Å²) in [6.07, 6.45) is 3.24. The first kappa shape index (κ1) is 27.2. The minimum absolute atomic E-state index is 0.124. The van der Waals surface area contributed by atoms with Crippen LogP contribution in [0.2, 0.25) is 0 Å². The number of methoxy groups -OCH3 is 1. The molecule has 2 aromatic rings. The maximum absolute atomic E-state index is 13.5. The van der Waals surface area contributed by atoms with Crippen molar-refractivity contribution in [2.45, 2.75) is 32.8 Å². The molecule has 204 valence electrons. The van der Waals surface area contributed by atoms with Crippen LogP contribution in [0, 0.1) is 17.7 Å². The van der Waals surface area contributed by atoms with Gasteiger partial charge in [0.2, 0.25) is 0 Å². The predicted octanol–water partition coefficient (Wildman–Crippen LogP) is 3.62. The highest BCUT2D eigenvalue weighted by Gasteiger charge is 2.39. The molecule has 2 aliphatic heterocycles. The summed E-state index contributed by atoms with van der Waals surface area (Å²) in [7, 11) is 1.26. The number of anilines is 1. The van der Waals surface area contributed by atoms with Gasteiger partial charge in [0.1, 0.15) is 11.5 Å². The van der Waals surface area contributed by atoms with Gasteiger partial charge in [-0.05, 0) is 48.0 Å². The van der Waals surface area contributed by atoms with Crippen LogP contribution in [0.5, 0.6) is 5.75 Å². The van der Waals surface area contributed by atoms with Crippen LogP contribution < -0.4 is 20.7 Å². The molecule has 0 aliphatic carbocycles. The van der Waals surface area contributed by atoms with E-state index in [0.717, 1.165) is 16.0 Å². The number of aryl methyl sites for hydroxylation is 1. The van der Waals surface area contributed by atoms with Crippen molar-refractivity contribution >= 4 is 23.7 Å². The molecule has 1 fully saturated rings. The van der Waals surface area contributed by atoms with Gasteiger partial charge in [0, 0.05) is 24.5 Å². The number of ether oxygens (including phenoxy) is 2. The largest absolute Gasteiger partial charge is 0.469 e. The number of imide groups is 1. The molecule has 3 N–H and O–H groups in total. The number of amides is 4. The molecular formula is C27H30N6O6. The van der Waals surface area contributed by atoms with E-state index < -0.39 is 36.4 Å². The lowest BCUT2D eigenvalue weighted by atomic mass is 10.1. The van der Waals surface area contributed by atoms with Crippen LogP contribution in [0.1, 0.15) is 18.1 Å². The molecule has 2 heterocycles. The second-order valence-electron chi connectivity index (χ2n) is 9.17. The maximum Gasteiger partial charge on any atom is 0.331 e. The van der Waals surface area contributed by atoms with Gasteiger partial charge in [-0.25, -0.2) is 14.5 Å². The number of allylic oxidation sites excluding steroid dienone is 1. The van der Waals surface area contributed by atoms with E-state index in [0.29, 0.717) is 17.2 Å². The number of nitrogens with one attached hydrogen (secondary N) is 3. The van der Waals surface area contributed by atoms with Crippen molar-refractivity contribution in [1.82, 2.24) is 20.4 Å². The molecule has 4 amide bonds. The Balaban J connectivity index is 1.51. The molecule has 0 radical (unpaired) electrons. The van der Waals surface area contributed by atoms with Gasteiger partial charge in [-0.1, -0.05) is 36.8 Å². The van der Waals surface area contributed by atoms with E-state index in [9.17, 15) is 19.3 Å². The van der Waals surface area contributed by atoms with Gasteiger partial charge in [0.15, 0.2) is 12.5 Å². The average Bonchev–Trinajstić information content (AvgIpc) is 2.94. The fourth-order valence-corrected chi connectivity index (χ4v) is 4.03. The second kappa shape index (κ2) is 12.1. The van der Waals surface area contributed by atoms with Crippen LogP contribution in [0.15, 0.2) is 77.8 Å². The summed E-state index contributed by atoms with van der Waals surface area (Å²) in [4.78, 5) is 51.6. The van der Waals surface area contributed by atoms with Crippen LogP contribution in [0.4, 0.5) is 15.3 Å². The molecule has 2 aliphatic rings. The monoisotopic (exact) mass is 534 g/mol. The van der Waals surface area contributed by atoms with E-state index in [1.807, 2.05) is 31.2 Å². The number of carbonyl (C=O) groups is 3. The highest BCUT2D eigenvalue weighted by atomic mass is 16.5. The van der Waals surface area contributed by atoms with Gasteiger partial charge in [0.25, 0.3) is 0 Å². The predicted molar refractivity (Wildman–Crippen MR) is 143 cm³/mol. The first-order chi connectivity index (χ1) is 18.8. The molecule has 39 heavy (non-hydrogen) atoms. The Morgan fingerprint density at radius 2 is 1.85 bits per heavy atom. The summed E-state index contributed by atoms with van der Waals surface area (Å²) in [6.45, 7) is 3.65. The zero-order valence-corrected chi connectivity index (χ0v) is 21.8.